The fourth-order valence-electron chi connectivity index (χ4n) is 11.0. The molecule has 1 aliphatic rings. The van der Waals surface area contributed by atoms with E-state index in [4.69, 9.17) is 4.74 Å². The summed E-state index contributed by atoms with van der Waals surface area (Å²) in [6.45, 7) is 22.2. The Morgan fingerprint density at radius 2 is 0.905 bits per heavy atom. The van der Waals surface area contributed by atoms with Gasteiger partial charge in [-0.15, -0.1) is 6.58 Å². The average Bonchev–Trinajstić information content (AvgIpc) is 3.55. The zero-order chi connectivity index (χ0) is 43.6. The van der Waals surface area contributed by atoms with E-state index in [1.165, 1.54) is 126 Å². The van der Waals surface area contributed by atoms with Gasteiger partial charge in [-0.2, -0.15) is 0 Å². The highest BCUT2D eigenvalue weighted by Crippen LogP contribution is 2.55. The van der Waals surface area contributed by atoms with E-state index in [0.29, 0.717) is 13.0 Å². The standard InChI is InChI=1S/C61H52O2/c1-9-54(62)63-29-11-28-61(10-2)52-34-38(46-22-16-36-12-14-40-30-44(59(3,4)5)32-42-20-26-50(46)57(36)55(40)42)18-24-48(52)49-25-19-39(35-53(49)61)47-23-17-37-13-15-41-31-45(60(6,7)8)33-43-21-27-51(47)58(37)56(41)43/h9-10,12-27,30-35H,1-2,11,28-29H2,3-8H3. The number of allylic oxidation sites excluding steroid dienone is 1. The lowest BCUT2D eigenvalue weighted by Gasteiger charge is -2.29. The van der Waals surface area contributed by atoms with Crippen molar-refractivity contribution in [2.24, 2.45) is 0 Å². The summed E-state index contributed by atoms with van der Waals surface area (Å²) in [6.07, 6.45) is 4.79. The number of benzene rings is 10. The molecule has 0 fully saturated rings. The summed E-state index contributed by atoms with van der Waals surface area (Å²) in [5, 5.41) is 15.5. The van der Waals surface area contributed by atoms with Crippen molar-refractivity contribution in [1.82, 2.24) is 0 Å². The second kappa shape index (κ2) is 13.9. The first-order valence-corrected chi connectivity index (χ1v) is 22.4. The van der Waals surface area contributed by atoms with Crippen LogP contribution in [0.2, 0.25) is 0 Å². The van der Waals surface area contributed by atoms with Gasteiger partial charge >= 0.3 is 5.97 Å². The SMILES string of the molecule is C=CC(=O)OCCCC1(C=C)c2cc(-c3ccc4ccc5cc(C(C)(C)C)cc6ccc3c4c56)ccc2-c2ccc(-c3ccc4ccc5cc(C(C)(C)C)cc6ccc3c4c56)cc21. The molecule has 10 aromatic carbocycles. The minimum atomic E-state index is -0.516. The lowest BCUT2D eigenvalue weighted by Crippen LogP contribution is -2.23. The van der Waals surface area contributed by atoms with Crippen LogP contribution in [-0.4, -0.2) is 12.6 Å². The van der Waals surface area contributed by atoms with E-state index >= 15 is 0 Å². The molecule has 2 nitrogen and oxygen atoms in total. The lowest BCUT2D eigenvalue weighted by atomic mass is 9.73. The van der Waals surface area contributed by atoms with E-state index in [1.807, 2.05) is 0 Å². The largest absolute Gasteiger partial charge is 0.463 e. The highest BCUT2D eigenvalue weighted by Gasteiger charge is 2.41. The Morgan fingerprint density at radius 3 is 1.32 bits per heavy atom. The van der Waals surface area contributed by atoms with Crippen molar-refractivity contribution in [1.29, 1.82) is 0 Å². The van der Waals surface area contributed by atoms with Gasteiger partial charge in [0.2, 0.25) is 0 Å². The molecule has 0 aliphatic heterocycles. The second-order valence-electron chi connectivity index (χ2n) is 20.0. The van der Waals surface area contributed by atoms with E-state index < -0.39 is 11.4 Å². The zero-order valence-corrected chi connectivity index (χ0v) is 37.2. The number of carbonyl (C=O) groups excluding carboxylic acids is 1. The fraction of sp³-hybridized carbons (Fsp3) is 0.197. The Kier molecular flexibility index (Phi) is 8.61. The average molecular weight is 817 g/mol. The Morgan fingerprint density at radius 1 is 0.508 bits per heavy atom. The molecule has 0 heterocycles. The summed E-state index contributed by atoms with van der Waals surface area (Å²) >= 11 is 0. The van der Waals surface area contributed by atoms with E-state index in [-0.39, 0.29) is 10.8 Å². The van der Waals surface area contributed by atoms with Gasteiger partial charge in [0.05, 0.1) is 6.61 Å². The molecule has 0 amide bonds. The number of carbonyl (C=O) groups is 1. The predicted octanol–water partition coefficient (Wildman–Crippen LogP) is 16.4. The normalized spacial score (nSPS) is 13.7. The molecule has 0 radical (unpaired) electrons. The van der Waals surface area contributed by atoms with Gasteiger partial charge in [-0.05, 0) is 156 Å². The van der Waals surface area contributed by atoms with Crippen molar-refractivity contribution in [2.75, 3.05) is 6.61 Å². The van der Waals surface area contributed by atoms with Crippen LogP contribution in [0.5, 0.6) is 0 Å². The smallest absolute Gasteiger partial charge is 0.330 e. The minimum absolute atomic E-state index is 0.0576. The van der Waals surface area contributed by atoms with Crippen molar-refractivity contribution in [2.45, 2.75) is 70.6 Å². The molecule has 0 N–H and O–H groups in total. The van der Waals surface area contributed by atoms with Gasteiger partial charge in [-0.25, -0.2) is 4.79 Å². The maximum atomic E-state index is 12.2. The van der Waals surface area contributed by atoms with Gasteiger partial charge in [0, 0.05) is 11.5 Å². The van der Waals surface area contributed by atoms with Crippen LogP contribution < -0.4 is 0 Å². The third-order valence-electron chi connectivity index (χ3n) is 14.3. The van der Waals surface area contributed by atoms with E-state index in [2.05, 4.69) is 194 Å². The first kappa shape index (κ1) is 39.1. The number of ether oxygens (including phenoxy) is 1. The summed E-state index contributed by atoms with van der Waals surface area (Å²) in [7, 11) is 0. The summed E-state index contributed by atoms with van der Waals surface area (Å²) in [5.41, 5.74) is 12.0. The van der Waals surface area contributed by atoms with Crippen molar-refractivity contribution in [3.63, 3.8) is 0 Å². The molecule has 0 saturated carbocycles. The molecule has 0 aromatic heterocycles. The van der Waals surface area contributed by atoms with Crippen LogP contribution in [0.15, 0.2) is 159 Å². The number of hydrogen-bond donors (Lipinski definition) is 0. The fourth-order valence-corrected chi connectivity index (χ4v) is 11.0. The molecule has 10 aromatic rings. The number of rotatable bonds is 8. The summed E-state index contributed by atoms with van der Waals surface area (Å²) in [4.78, 5) is 12.2. The maximum absolute atomic E-state index is 12.2. The second-order valence-corrected chi connectivity index (χ2v) is 20.0. The third-order valence-corrected chi connectivity index (χ3v) is 14.3. The third kappa shape index (κ3) is 5.95. The molecule has 0 saturated heterocycles. The highest BCUT2D eigenvalue weighted by atomic mass is 16.5. The first-order chi connectivity index (χ1) is 30.3. The van der Waals surface area contributed by atoms with Gasteiger partial charge in [-0.1, -0.05) is 176 Å². The number of esters is 1. The number of hydrogen-bond acceptors (Lipinski definition) is 2. The summed E-state index contributed by atoms with van der Waals surface area (Å²) < 4.78 is 5.57. The summed E-state index contributed by atoms with van der Waals surface area (Å²) in [6, 6.07) is 51.2. The van der Waals surface area contributed by atoms with Crippen LogP contribution in [0.4, 0.5) is 0 Å². The minimum Gasteiger partial charge on any atom is -0.463 e. The molecular weight excluding hydrogens is 765 g/mol. The van der Waals surface area contributed by atoms with Gasteiger partial charge < -0.3 is 4.74 Å². The van der Waals surface area contributed by atoms with Gasteiger partial charge in [0.15, 0.2) is 0 Å². The molecule has 0 spiro atoms. The van der Waals surface area contributed by atoms with E-state index in [1.54, 1.807) is 0 Å². The Balaban J connectivity index is 1.07. The maximum Gasteiger partial charge on any atom is 0.330 e. The Labute approximate surface area is 370 Å². The first-order valence-electron chi connectivity index (χ1n) is 22.4. The lowest BCUT2D eigenvalue weighted by molar-refractivity contribution is -0.137. The Hall–Kier alpha value is -6.77. The van der Waals surface area contributed by atoms with Gasteiger partial charge in [0.1, 0.15) is 0 Å². The van der Waals surface area contributed by atoms with Gasteiger partial charge in [-0.3, -0.25) is 0 Å². The molecule has 2 heteroatoms. The van der Waals surface area contributed by atoms with Gasteiger partial charge in [0.25, 0.3) is 0 Å². The monoisotopic (exact) mass is 816 g/mol. The molecular formula is C61H52O2. The van der Waals surface area contributed by atoms with E-state index in [0.717, 1.165) is 6.42 Å². The molecule has 63 heavy (non-hydrogen) atoms. The molecule has 0 unspecified atom stereocenters. The van der Waals surface area contributed by atoms with Crippen LogP contribution in [0.3, 0.4) is 0 Å². The van der Waals surface area contributed by atoms with Crippen LogP contribution in [0.1, 0.15) is 76.6 Å². The van der Waals surface area contributed by atoms with Crippen molar-refractivity contribution < 1.29 is 9.53 Å². The van der Waals surface area contributed by atoms with Crippen LogP contribution in [0, 0.1) is 0 Å². The van der Waals surface area contributed by atoms with Crippen molar-refractivity contribution in [3.05, 3.63) is 181 Å². The molecule has 11 rings (SSSR count). The van der Waals surface area contributed by atoms with Crippen molar-refractivity contribution in [3.8, 4) is 33.4 Å². The topological polar surface area (TPSA) is 26.3 Å². The zero-order valence-electron chi connectivity index (χ0n) is 37.2. The van der Waals surface area contributed by atoms with Crippen molar-refractivity contribution >= 4 is 70.6 Å². The van der Waals surface area contributed by atoms with E-state index in [9.17, 15) is 4.79 Å². The summed E-state index contributed by atoms with van der Waals surface area (Å²) in [5.74, 6) is -0.397. The Bertz CT molecular complexity index is 3280. The van der Waals surface area contributed by atoms with Crippen LogP contribution in [0.25, 0.3) is 98.0 Å². The number of fused-ring (bicyclic) bond motifs is 3. The van der Waals surface area contributed by atoms with Crippen LogP contribution in [-0.2, 0) is 25.8 Å². The molecule has 0 bridgehead atoms. The quantitative estimate of drug-likeness (QED) is 0.0502. The van der Waals surface area contributed by atoms with Crippen LogP contribution >= 0.6 is 0 Å². The predicted molar refractivity (Wildman–Crippen MR) is 269 cm³/mol. The molecule has 0 atom stereocenters. The molecule has 308 valence electrons. The highest BCUT2D eigenvalue weighted by molar-refractivity contribution is 6.27. The molecule has 1 aliphatic carbocycles.